The monoisotopic (exact) mass is 804 g/mol. The van der Waals surface area contributed by atoms with Gasteiger partial charge in [0, 0.05) is 26.4 Å². The van der Waals surface area contributed by atoms with Crippen molar-refractivity contribution in [1.29, 1.82) is 0 Å². The normalized spacial score (nSPS) is 12.6. The highest BCUT2D eigenvalue weighted by Gasteiger charge is 2.19. The number of carbonyl (C=O) groups is 2. The summed E-state index contributed by atoms with van der Waals surface area (Å²) in [5.41, 5.74) is -0.0656. The van der Waals surface area contributed by atoms with Crippen LogP contribution in [0.3, 0.4) is 0 Å². The molecule has 2 N–H and O–H groups in total. The van der Waals surface area contributed by atoms with E-state index in [4.69, 9.17) is 9.47 Å². The van der Waals surface area contributed by atoms with Crippen LogP contribution in [0.4, 0.5) is 11.4 Å². The number of nitrogens with one attached hydrogen (secondary N) is 2. The standard InChI is InChI=1S/C48H89N3O6/c1-6-10-20-29-41(27-12-8-3)33-39-56-43(52)31-22-16-14-18-24-36-51(38-26-35-50-46-45(49-5)47(54)48(46)55)37-25-19-15-17-23-32-44(53)57-40-34-42(28-13-9-4)30-21-11-7-2/h41-42,49-50H,6-40H2,1-5H3. The molecule has 0 fully saturated rings. The molecule has 0 heterocycles. The maximum atomic E-state index is 12.4. The van der Waals surface area contributed by atoms with Crippen molar-refractivity contribution in [1.82, 2.24) is 4.90 Å². The lowest BCUT2D eigenvalue weighted by Crippen LogP contribution is -2.37. The van der Waals surface area contributed by atoms with Crippen molar-refractivity contribution >= 4 is 23.3 Å². The number of hydrogen-bond acceptors (Lipinski definition) is 9. The summed E-state index contributed by atoms with van der Waals surface area (Å²) >= 11 is 0. The van der Waals surface area contributed by atoms with E-state index in [1.165, 1.54) is 89.9 Å². The van der Waals surface area contributed by atoms with Crippen molar-refractivity contribution in [2.75, 3.05) is 57.1 Å². The fourth-order valence-electron chi connectivity index (χ4n) is 7.96. The number of unbranched alkanes of at least 4 members (excludes halogenated alkanes) is 14. The van der Waals surface area contributed by atoms with Crippen molar-refractivity contribution in [2.24, 2.45) is 11.8 Å². The van der Waals surface area contributed by atoms with Gasteiger partial charge in [0.15, 0.2) is 0 Å². The first-order chi connectivity index (χ1) is 27.8. The zero-order valence-electron chi connectivity index (χ0n) is 37.8. The predicted molar refractivity (Wildman–Crippen MR) is 241 cm³/mol. The molecule has 0 spiro atoms. The van der Waals surface area contributed by atoms with Gasteiger partial charge in [-0.05, 0) is 76.4 Å². The molecular weight excluding hydrogens is 715 g/mol. The summed E-state index contributed by atoms with van der Waals surface area (Å²) in [6, 6.07) is 0. The number of anilines is 2. The Morgan fingerprint density at radius 2 is 0.895 bits per heavy atom. The molecule has 0 saturated heterocycles. The highest BCUT2D eigenvalue weighted by molar-refractivity contribution is 5.73. The molecule has 9 nitrogen and oxygen atoms in total. The van der Waals surface area contributed by atoms with Gasteiger partial charge < -0.3 is 25.0 Å². The average molecular weight is 804 g/mol. The number of ether oxygens (including phenoxy) is 2. The molecule has 1 aromatic rings. The molecule has 57 heavy (non-hydrogen) atoms. The van der Waals surface area contributed by atoms with E-state index in [0.717, 1.165) is 103 Å². The minimum absolute atomic E-state index is 0.0394. The number of rotatable bonds is 42. The Morgan fingerprint density at radius 1 is 0.491 bits per heavy atom. The van der Waals surface area contributed by atoms with Crippen LogP contribution in [0.25, 0.3) is 0 Å². The van der Waals surface area contributed by atoms with E-state index in [2.05, 4.69) is 43.2 Å². The molecule has 0 aliphatic rings. The zero-order valence-corrected chi connectivity index (χ0v) is 37.8. The van der Waals surface area contributed by atoms with Crippen molar-refractivity contribution < 1.29 is 19.1 Å². The lowest BCUT2D eigenvalue weighted by atomic mass is 9.93. The average Bonchev–Trinajstić information content (AvgIpc) is 3.21. The molecule has 0 aliphatic heterocycles. The minimum Gasteiger partial charge on any atom is -0.466 e. The quantitative estimate of drug-likeness (QED) is 0.0379. The lowest BCUT2D eigenvalue weighted by molar-refractivity contribution is -0.145. The van der Waals surface area contributed by atoms with Crippen LogP contribution in [-0.4, -0.2) is 63.3 Å². The molecule has 1 rings (SSSR count). The van der Waals surface area contributed by atoms with E-state index >= 15 is 0 Å². The van der Waals surface area contributed by atoms with Gasteiger partial charge in [0.2, 0.25) is 0 Å². The number of esters is 2. The maximum absolute atomic E-state index is 12.4. The smallest absolute Gasteiger partial charge is 0.305 e. The molecule has 0 bridgehead atoms. The van der Waals surface area contributed by atoms with Crippen molar-refractivity contribution in [2.45, 2.75) is 214 Å². The topological polar surface area (TPSA) is 114 Å². The van der Waals surface area contributed by atoms with E-state index < -0.39 is 10.9 Å². The van der Waals surface area contributed by atoms with E-state index in [0.29, 0.717) is 55.8 Å². The highest BCUT2D eigenvalue weighted by Crippen LogP contribution is 2.22. The van der Waals surface area contributed by atoms with Gasteiger partial charge in [0.05, 0.1) is 13.2 Å². The maximum Gasteiger partial charge on any atom is 0.305 e. The molecular formula is C48H89N3O6. The first-order valence-electron chi connectivity index (χ1n) is 24.1. The third kappa shape index (κ3) is 27.1. The van der Waals surface area contributed by atoms with Gasteiger partial charge in [-0.2, -0.15) is 0 Å². The summed E-state index contributed by atoms with van der Waals surface area (Å²) in [5.74, 6) is 1.29. The molecule has 0 saturated carbocycles. The van der Waals surface area contributed by atoms with Crippen molar-refractivity contribution in [3.63, 3.8) is 0 Å². The number of hydrogen-bond donors (Lipinski definition) is 2. The van der Waals surface area contributed by atoms with Crippen LogP contribution in [0.2, 0.25) is 0 Å². The highest BCUT2D eigenvalue weighted by atomic mass is 16.5. The molecule has 1 aromatic carbocycles. The molecule has 0 radical (unpaired) electrons. The summed E-state index contributed by atoms with van der Waals surface area (Å²) in [6.07, 6.45) is 32.3. The molecule has 0 aliphatic carbocycles. The summed E-state index contributed by atoms with van der Waals surface area (Å²) in [6.45, 7) is 13.8. The largest absolute Gasteiger partial charge is 0.466 e. The van der Waals surface area contributed by atoms with E-state index in [9.17, 15) is 19.2 Å². The first kappa shape index (κ1) is 52.6. The van der Waals surface area contributed by atoms with Gasteiger partial charge in [-0.25, -0.2) is 0 Å². The van der Waals surface area contributed by atoms with Crippen LogP contribution in [0.15, 0.2) is 9.59 Å². The van der Waals surface area contributed by atoms with Crippen LogP contribution in [0.1, 0.15) is 214 Å². The summed E-state index contributed by atoms with van der Waals surface area (Å²) in [5, 5.41) is 6.00. The number of nitrogens with zero attached hydrogens (tertiary/aromatic N) is 1. The van der Waals surface area contributed by atoms with Crippen LogP contribution >= 0.6 is 0 Å². The Bertz CT molecular complexity index is 1130. The molecule has 0 amide bonds. The van der Waals surface area contributed by atoms with Crippen LogP contribution in [0, 0.1) is 11.8 Å². The summed E-state index contributed by atoms with van der Waals surface area (Å²) < 4.78 is 11.2. The second kappa shape index (κ2) is 36.6. The van der Waals surface area contributed by atoms with E-state index in [1.807, 2.05) is 0 Å². The minimum atomic E-state index is -0.441. The molecule has 9 heteroatoms. The second-order valence-corrected chi connectivity index (χ2v) is 16.8. The predicted octanol–water partition coefficient (Wildman–Crippen LogP) is 11.7. The summed E-state index contributed by atoms with van der Waals surface area (Å²) in [4.78, 5) is 51.0. The van der Waals surface area contributed by atoms with Gasteiger partial charge in [-0.3, -0.25) is 19.2 Å². The van der Waals surface area contributed by atoms with Crippen LogP contribution in [0.5, 0.6) is 0 Å². The van der Waals surface area contributed by atoms with Gasteiger partial charge in [0.1, 0.15) is 11.4 Å². The molecule has 2 unspecified atom stereocenters. The molecule has 2 atom stereocenters. The zero-order chi connectivity index (χ0) is 41.8. The lowest BCUT2D eigenvalue weighted by Gasteiger charge is -2.23. The van der Waals surface area contributed by atoms with E-state index in [-0.39, 0.29) is 11.9 Å². The van der Waals surface area contributed by atoms with Crippen molar-refractivity contribution in [3.8, 4) is 0 Å². The van der Waals surface area contributed by atoms with Gasteiger partial charge in [-0.15, -0.1) is 0 Å². The fourth-order valence-corrected chi connectivity index (χ4v) is 7.96. The fraction of sp³-hybridized carbons (Fsp3) is 0.875. The second-order valence-electron chi connectivity index (χ2n) is 16.8. The Hall–Kier alpha value is -2.42. The molecule has 0 aromatic heterocycles. The van der Waals surface area contributed by atoms with Crippen LogP contribution in [-0.2, 0) is 19.1 Å². The van der Waals surface area contributed by atoms with Crippen LogP contribution < -0.4 is 21.5 Å². The van der Waals surface area contributed by atoms with E-state index in [1.54, 1.807) is 7.05 Å². The third-order valence-corrected chi connectivity index (χ3v) is 11.8. The Morgan fingerprint density at radius 3 is 1.35 bits per heavy atom. The summed E-state index contributed by atoms with van der Waals surface area (Å²) in [7, 11) is 1.67. The Balaban J connectivity index is 2.33. The van der Waals surface area contributed by atoms with Gasteiger partial charge in [0.25, 0.3) is 10.9 Å². The van der Waals surface area contributed by atoms with Gasteiger partial charge >= 0.3 is 11.9 Å². The first-order valence-corrected chi connectivity index (χ1v) is 24.1. The Kier molecular flexibility index (Phi) is 33.8. The Labute approximate surface area is 349 Å². The van der Waals surface area contributed by atoms with Crippen molar-refractivity contribution in [3.05, 3.63) is 20.4 Å². The third-order valence-electron chi connectivity index (χ3n) is 11.8. The molecule has 332 valence electrons. The SMILES string of the molecule is CCCCCC(CCCC)CCOC(=O)CCCCCCCN(CCCCCCCC(=O)OCCC(CCCC)CCCCC)CCCNc1c(NC)c(=O)c1=O. The number of carbonyl (C=O) groups excluding carboxylic acids is 2. The van der Waals surface area contributed by atoms with Gasteiger partial charge in [-0.1, -0.05) is 156 Å².